The lowest BCUT2D eigenvalue weighted by Gasteiger charge is -2.13. The topological polar surface area (TPSA) is 73.2 Å². The summed E-state index contributed by atoms with van der Waals surface area (Å²) in [6, 6.07) is 12.2. The van der Waals surface area contributed by atoms with Crippen LogP contribution in [-0.4, -0.2) is 30.7 Å². The predicted molar refractivity (Wildman–Crippen MR) is 119 cm³/mol. The highest BCUT2D eigenvalue weighted by Crippen LogP contribution is 2.42. The predicted octanol–water partition coefficient (Wildman–Crippen LogP) is 4.99. The Labute approximate surface area is 170 Å². The van der Waals surface area contributed by atoms with E-state index in [-0.39, 0.29) is 0 Å². The van der Waals surface area contributed by atoms with Gasteiger partial charge in [-0.1, -0.05) is 6.07 Å². The molecule has 29 heavy (non-hydrogen) atoms. The number of H-pyrrole nitrogens is 1. The third-order valence-corrected chi connectivity index (χ3v) is 5.52. The first-order chi connectivity index (χ1) is 14.2. The van der Waals surface area contributed by atoms with Crippen LogP contribution in [0.2, 0.25) is 0 Å². The Morgan fingerprint density at radius 1 is 1.03 bits per heavy atom. The molecule has 0 spiro atoms. The van der Waals surface area contributed by atoms with E-state index in [1.807, 2.05) is 24.4 Å². The molecule has 0 saturated heterocycles. The average molecular weight is 389 g/mol. The van der Waals surface area contributed by atoms with E-state index in [2.05, 4.69) is 35.1 Å². The summed E-state index contributed by atoms with van der Waals surface area (Å²) in [4.78, 5) is 8.24. The SMILES string of the molecule is COc1cc(C)c2[nH]c(-c3c(OC)ccc4ncccc34)c(CCCCN)c2c1. The van der Waals surface area contributed by atoms with Crippen LogP contribution in [0.1, 0.15) is 24.0 Å². The summed E-state index contributed by atoms with van der Waals surface area (Å²) in [6.07, 6.45) is 4.77. The number of hydrogen-bond donors (Lipinski definition) is 2. The fourth-order valence-electron chi connectivity index (χ4n) is 4.09. The zero-order valence-corrected chi connectivity index (χ0v) is 17.2. The van der Waals surface area contributed by atoms with Gasteiger partial charge < -0.3 is 20.2 Å². The van der Waals surface area contributed by atoms with E-state index >= 15 is 0 Å². The molecule has 2 aromatic heterocycles. The van der Waals surface area contributed by atoms with Crippen molar-refractivity contribution in [3.63, 3.8) is 0 Å². The molecule has 0 bridgehead atoms. The molecule has 5 nitrogen and oxygen atoms in total. The summed E-state index contributed by atoms with van der Waals surface area (Å²) >= 11 is 0. The maximum absolute atomic E-state index is 5.77. The quantitative estimate of drug-likeness (QED) is 0.437. The minimum atomic E-state index is 0.696. The molecule has 150 valence electrons. The molecule has 0 atom stereocenters. The Bertz CT molecular complexity index is 1160. The lowest BCUT2D eigenvalue weighted by atomic mass is 9.96. The first-order valence-electron chi connectivity index (χ1n) is 9.99. The smallest absolute Gasteiger partial charge is 0.128 e. The molecule has 0 radical (unpaired) electrons. The number of hydrogen-bond acceptors (Lipinski definition) is 4. The highest BCUT2D eigenvalue weighted by Gasteiger charge is 2.20. The molecule has 0 unspecified atom stereocenters. The van der Waals surface area contributed by atoms with Crippen LogP contribution in [0, 0.1) is 6.92 Å². The number of pyridine rings is 1. The van der Waals surface area contributed by atoms with Gasteiger partial charge in [-0.2, -0.15) is 0 Å². The van der Waals surface area contributed by atoms with Crippen molar-refractivity contribution in [2.45, 2.75) is 26.2 Å². The number of fused-ring (bicyclic) bond motifs is 2. The lowest BCUT2D eigenvalue weighted by Crippen LogP contribution is -2.00. The van der Waals surface area contributed by atoms with E-state index in [0.717, 1.165) is 64.0 Å². The monoisotopic (exact) mass is 389 g/mol. The standard InChI is InChI=1S/C24H27N3O2/c1-15-13-16(28-2)14-19-17(7-4-5-11-25)24(27-23(15)19)22-18-8-6-12-26-20(18)9-10-21(22)29-3/h6,8-10,12-14,27H,4-5,7,11,25H2,1-3H3. The van der Waals surface area contributed by atoms with Gasteiger partial charge in [-0.3, -0.25) is 4.98 Å². The first-order valence-corrected chi connectivity index (χ1v) is 9.99. The Morgan fingerprint density at radius 3 is 2.66 bits per heavy atom. The minimum absolute atomic E-state index is 0.696. The summed E-state index contributed by atoms with van der Waals surface area (Å²) in [5, 5.41) is 2.26. The van der Waals surface area contributed by atoms with Crippen LogP contribution in [0.25, 0.3) is 33.1 Å². The Hall–Kier alpha value is -3.05. The van der Waals surface area contributed by atoms with Gasteiger partial charge in [-0.15, -0.1) is 0 Å². The maximum atomic E-state index is 5.77. The second kappa shape index (κ2) is 8.13. The van der Waals surface area contributed by atoms with Crippen molar-refractivity contribution < 1.29 is 9.47 Å². The summed E-state index contributed by atoms with van der Waals surface area (Å²) in [5.74, 6) is 1.70. The van der Waals surface area contributed by atoms with Crippen molar-refractivity contribution in [3.05, 3.63) is 53.7 Å². The van der Waals surface area contributed by atoms with Gasteiger partial charge in [-0.25, -0.2) is 0 Å². The van der Waals surface area contributed by atoms with Crippen LogP contribution >= 0.6 is 0 Å². The van der Waals surface area contributed by atoms with Gasteiger partial charge in [0, 0.05) is 28.0 Å². The Balaban J connectivity index is 2.04. The number of unbranched alkanes of at least 4 members (excludes halogenated alkanes) is 1. The third kappa shape index (κ3) is 3.42. The Kier molecular flexibility index (Phi) is 5.41. The highest BCUT2D eigenvalue weighted by atomic mass is 16.5. The zero-order chi connectivity index (χ0) is 20.4. The largest absolute Gasteiger partial charge is 0.497 e. The molecule has 0 aliphatic carbocycles. The van der Waals surface area contributed by atoms with Crippen molar-refractivity contribution in [3.8, 4) is 22.8 Å². The molecular weight excluding hydrogens is 362 g/mol. The van der Waals surface area contributed by atoms with Crippen LogP contribution < -0.4 is 15.2 Å². The third-order valence-electron chi connectivity index (χ3n) is 5.52. The molecule has 0 fully saturated rings. The molecule has 3 N–H and O–H groups in total. The number of nitrogens with two attached hydrogens (primary N) is 1. The molecule has 2 heterocycles. The number of benzene rings is 2. The van der Waals surface area contributed by atoms with Gasteiger partial charge >= 0.3 is 0 Å². The molecule has 2 aromatic carbocycles. The van der Waals surface area contributed by atoms with Gasteiger partial charge in [0.1, 0.15) is 11.5 Å². The number of methoxy groups -OCH3 is 2. The van der Waals surface area contributed by atoms with Crippen LogP contribution in [0.5, 0.6) is 11.5 Å². The first kappa shape index (κ1) is 19.3. The number of aromatic nitrogens is 2. The summed E-state index contributed by atoms with van der Waals surface area (Å²) in [6.45, 7) is 2.80. The second-order valence-electron chi connectivity index (χ2n) is 7.30. The minimum Gasteiger partial charge on any atom is -0.497 e. The van der Waals surface area contributed by atoms with Gasteiger partial charge in [0.2, 0.25) is 0 Å². The highest BCUT2D eigenvalue weighted by molar-refractivity contribution is 6.02. The molecule has 0 amide bonds. The van der Waals surface area contributed by atoms with Crippen LogP contribution in [0.4, 0.5) is 0 Å². The molecule has 4 aromatic rings. The number of nitrogens with one attached hydrogen (secondary N) is 1. The van der Waals surface area contributed by atoms with E-state index in [9.17, 15) is 0 Å². The summed E-state index contributed by atoms with van der Waals surface area (Å²) in [5.41, 5.74) is 12.4. The van der Waals surface area contributed by atoms with Gasteiger partial charge in [0.25, 0.3) is 0 Å². The molecule has 0 aliphatic rings. The number of nitrogens with zero attached hydrogens (tertiary/aromatic N) is 1. The van der Waals surface area contributed by atoms with Crippen molar-refractivity contribution >= 4 is 21.8 Å². The number of aromatic amines is 1. The van der Waals surface area contributed by atoms with Crippen molar-refractivity contribution in [1.29, 1.82) is 0 Å². The van der Waals surface area contributed by atoms with Gasteiger partial charge in [0.15, 0.2) is 0 Å². The summed E-state index contributed by atoms with van der Waals surface area (Å²) < 4.78 is 11.3. The van der Waals surface area contributed by atoms with Crippen molar-refractivity contribution in [2.75, 3.05) is 20.8 Å². The van der Waals surface area contributed by atoms with Crippen LogP contribution in [0.3, 0.4) is 0 Å². The number of aryl methyl sites for hydroxylation is 2. The van der Waals surface area contributed by atoms with E-state index in [0.29, 0.717) is 6.54 Å². The number of rotatable bonds is 7. The average Bonchev–Trinajstić information content (AvgIpc) is 3.11. The van der Waals surface area contributed by atoms with Crippen molar-refractivity contribution in [2.24, 2.45) is 5.73 Å². The van der Waals surface area contributed by atoms with Crippen LogP contribution in [-0.2, 0) is 6.42 Å². The van der Waals surface area contributed by atoms with E-state index < -0.39 is 0 Å². The second-order valence-corrected chi connectivity index (χ2v) is 7.30. The van der Waals surface area contributed by atoms with Gasteiger partial charge in [-0.05, 0) is 74.2 Å². The molecule has 0 aliphatic heterocycles. The molecule has 5 heteroatoms. The van der Waals surface area contributed by atoms with Gasteiger partial charge in [0.05, 0.1) is 25.4 Å². The molecule has 4 rings (SSSR count). The Morgan fingerprint density at radius 2 is 1.90 bits per heavy atom. The fraction of sp³-hybridized carbons (Fsp3) is 0.292. The lowest BCUT2D eigenvalue weighted by molar-refractivity contribution is 0.415. The zero-order valence-electron chi connectivity index (χ0n) is 17.2. The molecule has 0 saturated carbocycles. The summed E-state index contributed by atoms with van der Waals surface area (Å²) in [7, 11) is 3.42. The van der Waals surface area contributed by atoms with E-state index in [1.54, 1.807) is 14.2 Å². The maximum Gasteiger partial charge on any atom is 0.128 e. The van der Waals surface area contributed by atoms with E-state index in [4.69, 9.17) is 15.2 Å². The fourth-order valence-corrected chi connectivity index (χ4v) is 4.09. The normalized spacial score (nSPS) is 11.3. The molecular formula is C24H27N3O2. The van der Waals surface area contributed by atoms with Crippen LogP contribution in [0.15, 0.2) is 42.6 Å². The van der Waals surface area contributed by atoms with E-state index in [1.165, 1.54) is 10.9 Å². The van der Waals surface area contributed by atoms with Crippen molar-refractivity contribution in [1.82, 2.24) is 9.97 Å². The number of ether oxygens (including phenoxy) is 2.